The van der Waals surface area contributed by atoms with Crippen molar-refractivity contribution < 1.29 is 24.2 Å². The molecule has 2 atom stereocenters. The molecule has 0 unspecified atom stereocenters. The fourth-order valence-electron chi connectivity index (χ4n) is 2.11. The Morgan fingerprint density at radius 3 is 2.33 bits per heavy atom. The average Bonchev–Trinajstić information content (AvgIpc) is 2.88. The smallest absolute Gasteiger partial charge is 0.332 e. The summed E-state index contributed by atoms with van der Waals surface area (Å²) in [5, 5.41) is 14.1. The minimum Gasteiger partial charge on any atom is -0.479 e. The molecule has 0 bridgehead atoms. The van der Waals surface area contributed by atoms with E-state index in [9.17, 15) is 14.4 Å². The lowest BCUT2D eigenvalue weighted by atomic mass is 10.2. The highest BCUT2D eigenvalue weighted by Gasteiger charge is 2.34. The van der Waals surface area contributed by atoms with Crippen molar-refractivity contribution in [2.45, 2.75) is 32.0 Å². The van der Waals surface area contributed by atoms with Crippen LogP contribution in [0.2, 0.25) is 0 Å². The molecule has 7 nitrogen and oxygen atoms in total. The van der Waals surface area contributed by atoms with Gasteiger partial charge in [0.15, 0.2) is 6.10 Å². The highest BCUT2D eigenvalue weighted by atomic mass is 16.5. The zero-order chi connectivity index (χ0) is 15.4. The second-order valence-electron chi connectivity index (χ2n) is 4.78. The summed E-state index contributed by atoms with van der Waals surface area (Å²) in [7, 11) is 0. The van der Waals surface area contributed by atoms with Gasteiger partial charge in [-0.3, -0.25) is 9.59 Å². The van der Waals surface area contributed by atoms with E-state index in [1.807, 2.05) is 0 Å². The fourth-order valence-corrected chi connectivity index (χ4v) is 2.11. The number of benzene rings is 1. The first-order valence-electron chi connectivity index (χ1n) is 6.52. The Bertz CT molecular complexity index is 572. The number of rotatable bonds is 4. The van der Waals surface area contributed by atoms with Gasteiger partial charge in [0, 0.05) is 18.3 Å². The molecular formula is C14H16N2O5. The second kappa shape index (κ2) is 6.36. The third kappa shape index (κ3) is 4.03. The zero-order valence-corrected chi connectivity index (χ0v) is 11.5. The quantitative estimate of drug-likeness (QED) is 0.773. The molecule has 0 radical (unpaired) electrons. The number of carbonyl (C=O) groups excluding carboxylic acids is 2. The maximum Gasteiger partial charge on any atom is 0.332 e. The van der Waals surface area contributed by atoms with E-state index < -0.39 is 24.1 Å². The van der Waals surface area contributed by atoms with E-state index in [-0.39, 0.29) is 5.91 Å². The SMILES string of the molecule is CC(=O)Nc1cccc(NC(=O)[C@@H]2CC[C@H](C(=O)O)O2)c1. The summed E-state index contributed by atoms with van der Waals surface area (Å²) in [6.45, 7) is 1.39. The number of carboxylic acid groups (broad SMARTS) is 1. The van der Waals surface area contributed by atoms with Crippen molar-refractivity contribution in [3.63, 3.8) is 0 Å². The van der Waals surface area contributed by atoms with Gasteiger partial charge in [0.1, 0.15) is 6.10 Å². The number of carbonyl (C=O) groups is 3. The summed E-state index contributed by atoms with van der Waals surface area (Å²) >= 11 is 0. The van der Waals surface area contributed by atoms with Crippen LogP contribution in [0.4, 0.5) is 11.4 Å². The number of nitrogens with one attached hydrogen (secondary N) is 2. The number of ether oxygens (including phenoxy) is 1. The second-order valence-corrected chi connectivity index (χ2v) is 4.78. The van der Waals surface area contributed by atoms with E-state index in [1.165, 1.54) is 6.92 Å². The van der Waals surface area contributed by atoms with Gasteiger partial charge in [-0.15, -0.1) is 0 Å². The maximum absolute atomic E-state index is 12.0. The molecular weight excluding hydrogens is 276 g/mol. The number of aliphatic carboxylic acids is 1. The summed E-state index contributed by atoms with van der Waals surface area (Å²) in [6, 6.07) is 6.68. The molecule has 2 rings (SSSR count). The first-order chi connectivity index (χ1) is 9.95. The fraction of sp³-hybridized carbons (Fsp3) is 0.357. The molecule has 112 valence electrons. The molecule has 0 saturated carbocycles. The first kappa shape index (κ1) is 15.0. The monoisotopic (exact) mass is 292 g/mol. The molecule has 21 heavy (non-hydrogen) atoms. The summed E-state index contributed by atoms with van der Waals surface area (Å²) in [5.74, 6) is -1.65. The van der Waals surface area contributed by atoms with Crippen molar-refractivity contribution in [2.75, 3.05) is 10.6 Å². The van der Waals surface area contributed by atoms with E-state index in [0.717, 1.165) is 0 Å². The predicted octanol–water partition coefficient (Wildman–Crippen LogP) is 1.22. The van der Waals surface area contributed by atoms with Crippen molar-refractivity contribution >= 4 is 29.2 Å². The van der Waals surface area contributed by atoms with Gasteiger partial charge in [-0.25, -0.2) is 4.79 Å². The van der Waals surface area contributed by atoms with Gasteiger partial charge in [0.2, 0.25) is 5.91 Å². The van der Waals surface area contributed by atoms with Gasteiger partial charge in [-0.2, -0.15) is 0 Å². The lowest BCUT2D eigenvalue weighted by molar-refractivity contribution is -0.150. The Kier molecular flexibility index (Phi) is 4.54. The number of anilines is 2. The van der Waals surface area contributed by atoms with E-state index in [2.05, 4.69) is 10.6 Å². The van der Waals surface area contributed by atoms with E-state index in [1.54, 1.807) is 24.3 Å². The van der Waals surface area contributed by atoms with Crippen LogP contribution < -0.4 is 10.6 Å². The van der Waals surface area contributed by atoms with Gasteiger partial charge in [-0.1, -0.05) is 6.07 Å². The van der Waals surface area contributed by atoms with Crippen LogP contribution in [-0.4, -0.2) is 35.1 Å². The van der Waals surface area contributed by atoms with Gasteiger partial charge in [0.25, 0.3) is 5.91 Å². The van der Waals surface area contributed by atoms with Crippen LogP contribution >= 0.6 is 0 Å². The molecule has 0 spiro atoms. The molecule has 2 amide bonds. The lowest BCUT2D eigenvalue weighted by Crippen LogP contribution is -2.29. The number of hydrogen-bond donors (Lipinski definition) is 3. The van der Waals surface area contributed by atoms with Gasteiger partial charge in [-0.05, 0) is 31.0 Å². The normalized spacial score (nSPS) is 20.8. The summed E-state index contributed by atoms with van der Waals surface area (Å²) in [4.78, 5) is 33.8. The Morgan fingerprint density at radius 1 is 1.14 bits per heavy atom. The van der Waals surface area contributed by atoms with E-state index >= 15 is 0 Å². The minimum absolute atomic E-state index is 0.207. The Labute approximate surface area is 121 Å². The van der Waals surface area contributed by atoms with Crippen LogP contribution in [0.15, 0.2) is 24.3 Å². The highest BCUT2D eigenvalue weighted by molar-refractivity contribution is 5.96. The van der Waals surface area contributed by atoms with Crippen molar-refractivity contribution in [1.29, 1.82) is 0 Å². The Balaban J connectivity index is 1.97. The van der Waals surface area contributed by atoms with Crippen LogP contribution in [0.25, 0.3) is 0 Å². The largest absolute Gasteiger partial charge is 0.479 e. The Morgan fingerprint density at radius 2 is 1.76 bits per heavy atom. The average molecular weight is 292 g/mol. The third-order valence-corrected chi connectivity index (χ3v) is 3.04. The summed E-state index contributed by atoms with van der Waals surface area (Å²) in [5.41, 5.74) is 1.07. The number of hydrogen-bond acceptors (Lipinski definition) is 4. The molecule has 1 aromatic rings. The first-order valence-corrected chi connectivity index (χ1v) is 6.52. The number of amides is 2. The molecule has 1 aromatic carbocycles. The molecule has 1 fully saturated rings. The van der Waals surface area contributed by atoms with Crippen LogP contribution in [0.3, 0.4) is 0 Å². The molecule has 1 saturated heterocycles. The van der Waals surface area contributed by atoms with Crippen molar-refractivity contribution in [3.8, 4) is 0 Å². The molecule has 0 aliphatic carbocycles. The minimum atomic E-state index is -1.06. The standard InChI is InChI=1S/C14H16N2O5/c1-8(17)15-9-3-2-4-10(7-9)16-13(18)11-5-6-12(21-11)14(19)20/h2-4,7,11-12H,5-6H2,1H3,(H,15,17)(H,16,18)(H,19,20)/t11-,12+/m0/s1. The van der Waals surface area contributed by atoms with Crippen LogP contribution in [-0.2, 0) is 19.1 Å². The third-order valence-electron chi connectivity index (χ3n) is 3.04. The van der Waals surface area contributed by atoms with E-state index in [4.69, 9.17) is 9.84 Å². The molecule has 7 heteroatoms. The molecule has 1 heterocycles. The molecule has 1 aliphatic heterocycles. The highest BCUT2D eigenvalue weighted by Crippen LogP contribution is 2.22. The number of carboxylic acids is 1. The molecule has 3 N–H and O–H groups in total. The lowest BCUT2D eigenvalue weighted by Gasteiger charge is -2.12. The Hall–Kier alpha value is -2.41. The van der Waals surface area contributed by atoms with Crippen molar-refractivity contribution in [1.82, 2.24) is 0 Å². The van der Waals surface area contributed by atoms with E-state index in [0.29, 0.717) is 24.2 Å². The van der Waals surface area contributed by atoms with Crippen LogP contribution in [0, 0.1) is 0 Å². The van der Waals surface area contributed by atoms with Crippen molar-refractivity contribution in [2.24, 2.45) is 0 Å². The summed E-state index contributed by atoms with van der Waals surface area (Å²) < 4.78 is 5.17. The van der Waals surface area contributed by atoms with Crippen LogP contribution in [0.1, 0.15) is 19.8 Å². The van der Waals surface area contributed by atoms with Gasteiger partial charge < -0.3 is 20.5 Å². The van der Waals surface area contributed by atoms with Crippen molar-refractivity contribution in [3.05, 3.63) is 24.3 Å². The van der Waals surface area contributed by atoms with Crippen LogP contribution in [0.5, 0.6) is 0 Å². The van der Waals surface area contributed by atoms with Gasteiger partial charge >= 0.3 is 5.97 Å². The maximum atomic E-state index is 12.0. The molecule has 0 aromatic heterocycles. The predicted molar refractivity (Wildman–Crippen MR) is 74.9 cm³/mol. The molecule has 1 aliphatic rings. The van der Waals surface area contributed by atoms with Gasteiger partial charge in [0.05, 0.1) is 0 Å². The zero-order valence-electron chi connectivity index (χ0n) is 11.5. The topological polar surface area (TPSA) is 105 Å². The summed E-state index contributed by atoms with van der Waals surface area (Å²) in [6.07, 6.45) is -1.00.